The van der Waals surface area contributed by atoms with E-state index >= 15 is 0 Å². The van der Waals surface area contributed by atoms with Gasteiger partial charge in [-0.3, -0.25) is 0 Å². The van der Waals surface area contributed by atoms with Crippen LogP contribution >= 0.6 is 0 Å². The standard InChI is InChI=1S/C74H43BN4/c1-5-19-44(20-6-1)63-43-64(45-21-7-2-8-22-45)77-74(76-63)48-39-65-71-66(40-48)79(50-29-11-4-12-30-50)73-58-38-18-36-54-52-32-14-24-47-26-16-34-56(68(47)52)60(70(54)58)42-62(73)75(71)61-41-59-55-33-15-25-46-23-13-31-51(67(46)55)53-35-17-37-57(69(53)59)72(61)78(65)49-27-9-3-10-28-49/h1-43H. The Balaban J connectivity index is 1.05. The Labute approximate surface area is 455 Å². The highest BCUT2D eigenvalue weighted by molar-refractivity contribution is 7.01. The molecule has 0 atom stereocenters. The molecule has 79 heavy (non-hydrogen) atoms. The number of aromatic nitrogens is 2. The predicted molar refractivity (Wildman–Crippen MR) is 335 cm³/mol. The van der Waals surface area contributed by atoms with Crippen molar-refractivity contribution < 1.29 is 0 Å². The minimum Gasteiger partial charge on any atom is -0.311 e. The van der Waals surface area contributed by atoms with E-state index in [1.165, 1.54) is 114 Å². The van der Waals surface area contributed by atoms with Crippen LogP contribution in [0.5, 0.6) is 0 Å². The van der Waals surface area contributed by atoms with E-state index in [0.29, 0.717) is 5.82 Å². The molecule has 2 aliphatic rings. The van der Waals surface area contributed by atoms with Crippen LogP contribution in [0.4, 0.5) is 34.1 Å². The molecule has 0 aliphatic carbocycles. The van der Waals surface area contributed by atoms with Gasteiger partial charge in [-0.1, -0.05) is 218 Å². The van der Waals surface area contributed by atoms with Crippen LogP contribution in [0.1, 0.15) is 0 Å². The first-order valence-electron chi connectivity index (χ1n) is 27.3. The van der Waals surface area contributed by atoms with E-state index in [1.807, 2.05) is 0 Å². The average molecular weight is 999 g/mol. The molecule has 0 radical (unpaired) electrons. The first-order chi connectivity index (χ1) is 39.2. The van der Waals surface area contributed by atoms with E-state index in [-0.39, 0.29) is 6.71 Å². The molecule has 18 rings (SSSR count). The third kappa shape index (κ3) is 5.93. The molecule has 0 spiro atoms. The third-order valence-corrected chi connectivity index (χ3v) is 17.4. The van der Waals surface area contributed by atoms with Crippen LogP contribution in [0.25, 0.3) is 120 Å². The Hall–Kier alpha value is -10.4. The molecule has 0 saturated carbocycles. The molecular weight excluding hydrogens is 956 g/mol. The normalized spacial score (nSPS) is 13.0. The van der Waals surface area contributed by atoms with Crippen molar-refractivity contribution in [1.82, 2.24) is 9.97 Å². The fourth-order valence-corrected chi connectivity index (χ4v) is 14.3. The van der Waals surface area contributed by atoms with Gasteiger partial charge in [0.15, 0.2) is 5.82 Å². The minimum absolute atomic E-state index is 0.193. The van der Waals surface area contributed by atoms with E-state index in [9.17, 15) is 0 Å². The number of rotatable bonds is 5. The van der Waals surface area contributed by atoms with Crippen LogP contribution in [0, 0.1) is 0 Å². The maximum atomic E-state index is 5.56. The lowest BCUT2D eigenvalue weighted by Gasteiger charge is -2.45. The molecular formula is C74H43BN4. The van der Waals surface area contributed by atoms with E-state index in [4.69, 9.17) is 9.97 Å². The number of nitrogens with zero attached hydrogens (tertiary/aromatic N) is 4. The Morgan fingerprint density at radius 2 is 0.633 bits per heavy atom. The van der Waals surface area contributed by atoms with Crippen molar-refractivity contribution in [3.05, 3.63) is 261 Å². The van der Waals surface area contributed by atoms with Crippen molar-refractivity contribution >= 4 is 143 Å². The number of para-hydroxylation sites is 2. The fraction of sp³-hybridized carbons (Fsp3) is 0. The van der Waals surface area contributed by atoms with Crippen molar-refractivity contribution in [2.75, 3.05) is 9.80 Å². The Morgan fingerprint density at radius 1 is 0.278 bits per heavy atom. The highest BCUT2D eigenvalue weighted by atomic mass is 15.2. The van der Waals surface area contributed by atoms with Crippen LogP contribution in [-0.2, 0) is 0 Å². The smallest absolute Gasteiger partial charge is 0.252 e. The summed E-state index contributed by atoms with van der Waals surface area (Å²) in [6.07, 6.45) is 0. The van der Waals surface area contributed by atoms with Crippen LogP contribution in [0.2, 0.25) is 0 Å². The first kappa shape index (κ1) is 42.8. The van der Waals surface area contributed by atoms with E-state index in [1.54, 1.807) is 0 Å². The topological polar surface area (TPSA) is 32.3 Å². The van der Waals surface area contributed by atoms with E-state index in [0.717, 1.165) is 50.8 Å². The predicted octanol–water partition coefficient (Wildman–Crippen LogP) is 17.7. The molecule has 0 saturated heterocycles. The second-order valence-electron chi connectivity index (χ2n) is 21.5. The van der Waals surface area contributed by atoms with Gasteiger partial charge < -0.3 is 9.80 Å². The summed E-state index contributed by atoms with van der Waals surface area (Å²) in [4.78, 5) is 16.3. The molecule has 4 nitrogen and oxygen atoms in total. The Morgan fingerprint density at radius 3 is 1.05 bits per heavy atom. The van der Waals surface area contributed by atoms with Crippen LogP contribution in [0.3, 0.4) is 0 Å². The molecule has 0 N–H and O–H groups in total. The van der Waals surface area contributed by atoms with E-state index < -0.39 is 0 Å². The van der Waals surface area contributed by atoms with Gasteiger partial charge in [0.1, 0.15) is 0 Å². The van der Waals surface area contributed by atoms with Crippen molar-refractivity contribution in [2.24, 2.45) is 0 Å². The van der Waals surface area contributed by atoms with Crippen LogP contribution in [0.15, 0.2) is 261 Å². The molecule has 0 fully saturated rings. The monoisotopic (exact) mass is 998 g/mol. The zero-order chi connectivity index (χ0) is 51.4. The van der Waals surface area contributed by atoms with Crippen LogP contribution < -0.4 is 26.2 Å². The summed E-state index contributed by atoms with van der Waals surface area (Å²) in [5.74, 6) is 0.664. The van der Waals surface area contributed by atoms with Gasteiger partial charge in [0.25, 0.3) is 6.71 Å². The molecule has 16 aromatic rings. The van der Waals surface area contributed by atoms with Gasteiger partial charge in [-0.05, 0) is 134 Å². The summed E-state index contributed by atoms with van der Waals surface area (Å²) in [6.45, 7) is -0.193. The van der Waals surface area contributed by atoms with Gasteiger partial charge in [-0.15, -0.1) is 0 Å². The Kier molecular flexibility index (Phi) is 8.72. The second kappa shape index (κ2) is 16.1. The molecule has 5 heteroatoms. The van der Waals surface area contributed by atoms with Gasteiger partial charge in [0, 0.05) is 61.6 Å². The zero-order valence-electron chi connectivity index (χ0n) is 42.7. The lowest BCUT2D eigenvalue weighted by Crippen LogP contribution is -2.61. The average Bonchev–Trinajstić information content (AvgIpc) is 3.66. The minimum atomic E-state index is -0.193. The maximum absolute atomic E-state index is 5.56. The molecule has 0 unspecified atom stereocenters. The quantitative estimate of drug-likeness (QED) is 0.0977. The first-order valence-corrected chi connectivity index (χ1v) is 27.3. The number of benzene rings is 15. The summed E-state index contributed by atoms with van der Waals surface area (Å²) < 4.78 is 0. The van der Waals surface area contributed by atoms with Crippen molar-refractivity contribution in [2.45, 2.75) is 0 Å². The van der Waals surface area contributed by atoms with Gasteiger partial charge in [-0.25, -0.2) is 9.97 Å². The molecule has 0 bridgehead atoms. The zero-order valence-corrected chi connectivity index (χ0v) is 42.7. The number of anilines is 6. The fourth-order valence-electron chi connectivity index (χ4n) is 14.3. The largest absolute Gasteiger partial charge is 0.311 e. The third-order valence-electron chi connectivity index (χ3n) is 17.4. The lowest BCUT2D eigenvalue weighted by atomic mass is 9.33. The molecule has 362 valence electrons. The number of fused-ring (bicyclic) bond motifs is 10. The van der Waals surface area contributed by atoms with Crippen LogP contribution in [-0.4, -0.2) is 16.7 Å². The van der Waals surface area contributed by atoms with Gasteiger partial charge >= 0.3 is 0 Å². The molecule has 15 aromatic carbocycles. The van der Waals surface area contributed by atoms with Gasteiger partial charge in [0.05, 0.1) is 11.4 Å². The summed E-state index contributed by atoms with van der Waals surface area (Å²) in [7, 11) is 0. The summed E-state index contributed by atoms with van der Waals surface area (Å²) in [5.41, 5.74) is 15.3. The summed E-state index contributed by atoms with van der Waals surface area (Å²) in [6, 6.07) is 96.6. The number of hydrogen-bond acceptors (Lipinski definition) is 4. The molecule has 0 amide bonds. The lowest BCUT2D eigenvalue weighted by molar-refractivity contribution is 1.18. The van der Waals surface area contributed by atoms with E-state index in [2.05, 4.69) is 271 Å². The Bertz CT molecular complexity index is 4870. The molecule has 1 aromatic heterocycles. The van der Waals surface area contributed by atoms with Gasteiger partial charge in [-0.2, -0.15) is 0 Å². The second-order valence-corrected chi connectivity index (χ2v) is 21.5. The number of hydrogen-bond donors (Lipinski definition) is 0. The van der Waals surface area contributed by atoms with Crippen molar-refractivity contribution in [3.8, 4) is 33.9 Å². The summed E-state index contributed by atoms with van der Waals surface area (Å²) >= 11 is 0. The van der Waals surface area contributed by atoms with Crippen molar-refractivity contribution in [3.63, 3.8) is 0 Å². The van der Waals surface area contributed by atoms with Gasteiger partial charge in [0.2, 0.25) is 0 Å². The SMILES string of the molecule is c1ccc(-c2cc(-c3ccccc3)nc(-c3cc4c5c(c3)N(c3ccccc3)c3c(cc6c7cccc8cccc(c9cccc3c96)c87)B5c3cc5c6cccc7cccc(c8cccc(c3N4c3ccccc3)c85)c76)n2)cc1. The van der Waals surface area contributed by atoms with Crippen molar-refractivity contribution in [1.29, 1.82) is 0 Å². The maximum Gasteiger partial charge on any atom is 0.252 e. The highest BCUT2D eigenvalue weighted by Crippen LogP contribution is 2.53. The molecule has 2 aliphatic heterocycles. The highest BCUT2D eigenvalue weighted by Gasteiger charge is 2.46. The summed E-state index contributed by atoms with van der Waals surface area (Å²) in [5, 5.41) is 20.3. The molecule has 3 heterocycles.